The highest BCUT2D eigenvalue weighted by atomic mass is 16.3. The van der Waals surface area contributed by atoms with E-state index in [-0.39, 0.29) is 5.91 Å². The largest absolute Gasteiger partial charge is 0.467 e. The maximum atomic E-state index is 12.4. The van der Waals surface area contributed by atoms with Crippen LogP contribution in [-0.4, -0.2) is 54.5 Å². The average Bonchev–Trinajstić information content (AvgIpc) is 3.14. The van der Waals surface area contributed by atoms with Gasteiger partial charge in [-0.05, 0) is 25.0 Å². The highest BCUT2D eigenvalue weighted by Crippen LogP contribution is 2.28. The standard InChI is InChI=1S/C14H21N3O2/c18-14(11-16-7-5-15-6-8-16)17(12-3-4-12)10-13-2-1-9-19-13/h1-2,9,12,15H,3-8,10-11H2. The summed E-state index contributed by atoms with van der Waals surface area (Å²) in [4.78, 5) is 16.7. The third-order valence-electron chi connectivity index (χ3n) is 3.78. The number of rotatable bonds is 5. The lowest BCUT2D eigenvalue weighted by Crippen LogP contribution is -2.48. The van der Waals surface area contributed by atoms with Gasteiger partial charge in [0, 0.05) is 32.2 Å². The molecule has 1 aliphatic carbocycles. The molecule has 0 unspecified atom stereocenters. The molecule has 1 N–H and O–H groups in total. The number of nitrogens with one attached hydrogen (secondary N) is 1. The van der Waals surface area contributed by atoms with Crippen LogP contribution in [0.15, 0.2) is 22.8 Å². The lowest BCUT2D eigenvalue weighted by atomic mass is 10.3. The number of carbonyl (C=O) groups is 1. The Balaban J connectivity index is 1.57. The first-order valence-electron chi connectivity index (χ1n) is 7.08. The van der Waals surface area contributed by atoms with Crippen molar-refractivity contribution in [3.63, 3.8) is 0 Å². The van der Waals surface area contributed by atoms with Crippen LogP contribution < -0.4 is 5.32 Å². The molecule has 19 heavy (non-hydrogen) atoms. The van der Waals surface area contributed by atoms with Crippen molar-refractivity contribution < 1.29 is 9.21 Å². The predicted molar refractivity (Wildman–Crippen MR) is 71.6 cm³/mol. The Bertz CT molecular complexity index is 408. The van der Waals surface area contributed by atoms with E-state index in [4.69, 9.17) is 4.42 Å². The van der Waals surface area contributed by atoms with Gasteiger partial charge in [0.1, 0.15) is 5.76 Å². The minimum atomic E-state index is 0.237. The summed E-state index contributed by atoms with van der Waals surface area (Å²) in [5.74, 6) is 1.11. The average molecular weight is 263 g/mol. The number of furan rings is 1. The summed E-state index contributed by atoms with van der Waals surface area (Å²) in [6.07, 6.45) is 3.93. The monoisotopic (exact) mass is 263 g/mol. The molecule has 1 saturated carbocycles. The number of hydrogen-bond donors (Lipinski definition) is 1. The van der Waals surface area contributed by atoms with Crippen LogP contribution in [-0.2, 0) is 11.3 Å². The minimum absolute atomic E-state index is 0.237. The third-order valence-corrected chi connectivity index (χ3v) is 3.78. The van der Waals surface area contributed by atoms with E-state index in [2.05, 4.69) is 10.2 Å². The summed E-state index contributed by atoms with van der Waals surface area (Å²) in [7, 11) is 0. The SMILES string of the molecule is O=C(CN1CCNCC1)N(Cc1ccco1)C1CC1. The van der Waals surface area contributed by atoms with Gasteiger partial charge >= 0.3 is 0 Å². The van der Waals surface area contributed by atoms with Crippen LogP contribution in [0, 0.1) is 0 Å². The van der Waals surface area contributed by atoms with Gasteiger partial charge < -0.3 is 14.6 Å². The second kappa shape index (κ2) is 5.75. The van der Waals surface area contributed by atoms with Crippen molar-refractivity contribution in [2.24, 2.45) is 0 Å². The molecular weight excluding hydrogens is 242 g/mol. The molecule has 0 spiro atoms. The molecule has 0 radical (unpaired) electrons. The van der Waals surface area contributed by atoms with Gasteiger partial charge in [0.05, 0.1) is 19.4 Å². The molecule has 2 fully saturated rings. The minimum Gasteiger partial charge on any atom is -0.467 e. The van der Waals surface area contributed by atoms with E-state index in [1.807, 2.05) is 17.0 Å². The second-order valence-electron chi connectivity index (χ2n) is 5.36. The summed E-state index contributed by atoms with van der Waals surface area (Å²) >= 11 is 0. The summed E-state index contributed by atoms with van der Waals surface area (Å²) < 4.78 is 5.36. The summed E-state index contributed by atoms with van der Waals surface area (Å²) in [6.45, 7) is 5.04. The summed E-state index contributed by atoms with van der Waals surface area (Å²) in [5, 5.41) is 3.31. The van der Waals surface area contributed by atoms with Gasteiger partial charge in [-0.25, -0.2) is 0 Å². The van der Waals surface area contributed by atoms with Gasteiger partial charge in [-0.15, -0.1) is 0 Å². The zero-order chi connectivity index (χ0) is 13.1. The Hall–Kier alpha value is -1.33. The Morgan fingerprint density at radius 3 is 2.84 bits per heavy atom. The van der Waals surface area contributed by atoms with Crippen molar-refractivity contribution in [1.29, 1.82) is 0 Å². The number of nitrogens with zero attached hydrogens (tertiary/aromatic N) is 2. The van der Waals surface area contributed by atoms with E-state index in [0.29, 0.717) is 19.1 Å². The Kier molecular flexibility index (Phi) is 3.84. The molecule has 2 heterocycles. The zero-order valence-electron chi connectivity index (χ0n) is 11.2. The van der Waals surface area contributed by atoms with Crippen LogP contribution in [0.3, 0.4) is 0 Å². The van der Waals surface area contributed by atoms with Crippen LogP contribution in [0.2, 0.25) is 0 Å². The van der Waals surface area contributed by atoms with Crippen LogP contribution >= 0.6 is 0 Å². The van der Waals surface area contributed by atoms with Crippen molar-refractivity contribution in [2.45, 2.75) is 25.4 Å². The lowest BCUT2D eigenvalue weighted by Gasteiger charge is -2.29. The first-order chi connectivity index (χ1) is 9.33. The molecule has 5 nitrogen and oxygen atoms in total. The zero-order valence-corrected chi connectivity index (χ0v) is 11.2. The lowest BCUT2D eigenvalue weighted by molar-refractivity contribution is -0.134. The van der Waals surface area contributed by atoms with Gasteiger partial charge in [0.25, 0.3) is 0 Å². The predicted octanol–water partition coefficient (Wildman–Crippen LogP) is 0.676. The van der Waals surface area contributed by atoms with E-state index >= 15 is 0 Å². The molecule has 0 aromatic carbocycles. The molecule has 1 aliphatic heterocycles. The molecule has 0 atom stereocenters. The van der Waals surface area contributed by atoms with Crippen molar-refractivity contribution >= 4 is 5.91 Å². The maximum Gasteiger partial charge on any atom is 0.237 e. The molecule has 1 aromatic rings. The Morgan fingerprint density at radius 2 is 2.21 bits per heavy atom. The Morgan fingerprint density at radius 1 is 1.42 bits per heavy atom. The van der Waals surface area contributed by atoms with E-state index in [1.54, 1.807) is 6.26 Å². The van der Waals surface area contributed by atoms with E-state index in [0.717, 1.165) is 44.8 Å². The topological polar surface area (TPSA) is 48.7 Å². The van der Waals surface area contributed by atoms with Crippen molar-refractivity contribution in [1.82, 2.24) is 15.1 Å². The fraction of sp³-hybridized carbons (Fsp3) is 0.643. The maximum absolute atomic E-state index is 12.4. The molecule has 2 aliphatic rings. The molecule has 1 aromatic heterocycles. The molecule has 3 rings (SSSR count). The number of hydrogen-bond acceptors (Lipinski definition) is 4. The highest BCUT2D eigenvalue weighted by Gasteiger charge is 2.33. The Labute approximate surface area is 113 Å². The quantitative estimate of drug-likeness (QED) is 0.848. The van der Waals surface area contributed by atoms with Gasteiger partial charge in [-0.3, -0.25) is 9.69 Å². The van der Waals surface area contributed by atoms with Gasteiger partial charge in [-0.2, -0.15) is 0 Å². The van der Waals surface area contributed by atoms with Gasteiger partial charge in [0.2, 0.25) is 5.91 Å². The third kappa shape index (κ3) is 3.36. The van der Waals surface area contributed by atoms with Gasteiger partial charge in [-0.1, -0.05) is 0 Å². The highest BCUT2D eigenvalue weighted by molar-refractivity contribution is 5.79. The number of piperazine rings is 1. The first kappa shape index (κ1) is 12.7. The van der Waals surface area contributed by atoms with E-state index < -0.39 is 0 Å². The smallest absolute Gasteiger partial charge is 0.237 e. The van der Waals surface area contributed by atoms with Crippen molar-refractivity contribution in [2.75, 3.05) is 32.7 Å². The van der Waals surface area contributed by atoms with Crippen molar-refractivity contribution in [3.05, 3.63) is 24.2 Å². The molecule has 5 heteroatoms. The normalized spacial score (nSPS) is 20.4. The van der Waals surface area contributed by atoms with Crippen LogP contribution in [0.4, 0.5) is 0 Å². The van der Waals surface area contributed by atoms with Crippen LogP contribution in [0.25, 0.3) is 0 Å². The molecule has 0 bridgehead atoms. The molecule has 104 valence electrons. The van der Waals surface area contributed by atoms with Crippen LogP contribution in [0.1, 0.15) is 18.6 Å². The van der Waals surface area contributed by atoms with E-state index in [9.17, 15) is 4.79 Å². The molecule has 1 saturated heterocycles. The fourth-order valence-corrected chi connectivity index (χ4v) is 2.53. The number of amides is 1. The molecular formula is C14H21N3O2. The summed E-state index contributed by atoms with van der Waals surface area (Å²) in [5.41, 5.74) is 0. The fourth-order valence-electron chi connectivity index (χ4n) is 2.53. The second-order valence-corrected chi connectivity index (χ2v) is 5.36. The van der Waals surface area contributed by atoms with Crippen LogP contribution in [0.5, 0.6) is 0 Å². The summed E-state index contributed by atoms with van der Waals surface area (Å²) in [6, 6.07) is 4.25. The molecule has 1 amide bonds. The number of carbonyl (C=O) groups excluding carboxylic acids is 1. The van der Waals surface area contributed by atoms with Gasteiger partial charge in [0.15, 0.2) is 0 Å². The van der Waals surface area contributed by atoms with Crippen molar-refractivity contribution in [3.8, 4) is 0 Å². The van der Waals surface area contributed by atoms with E-state index in [1.165, 1.54) is 0 Å². The first-order valence-corrected chi connectivity index (χ1v) is 7.08.